The van der Waals surface area contributed by atoms with Crippen molar-refractivity contribution >= 4 is 21.8 Å². The maximum absolute atomic E-state index is 4.74. The first kappa shape index (κ1) is 12.0. The van der Waals surface area contributed by atoms with Crippen LogP contribution in [0.5, 0.6) is 0 Å². The van der Waals surface area contributed by atoms with Crippen LogP contribution in [0, 0.1) is 0 Å². The molecule has 0 amide bonds. The van der Waals surface area contributed by atoms with E-state index in [0.29, 0.717) is 0 Å². The van der Waals surface area contributed by atoms with Crippen molar-refractivity contribution in [3.63, 3.8) is 0 Å². The normalized spacial score (nSPS) is 11.0. The number of hydrogen-bond donors (Lipinski definition) is 0. The number of rotatable bonds is 2. The number of fused-ring (bicyclic) bond motifs is 2. The van der Waals surface area contributed by atoms with E-state index >= 15 is 0 Å². The van der Waals surface area contributed by atoms with E-state index < -0.39 is 0 Å². The maximum atomic E-state index is 4.74. The minimum absolute atomic E-state index is 0.720. The van der Waals surface area contributed by atoms with Crippen LogP contribution in [0.4, 0.5) is 0 Å². The van der Waals surface area contributed by atoms with Crippen LogP contribution >= 0.6 is 0 Å². The minimum atomic E-state index is 0.720. The topological polar surface area (TPSA) is 38.7 Å². The summed E-state index contributed by atoms with van der Waals surface area (Å²) in [5.41, 5.74) is 3.25. The summed E-state index contributed by atoms with van der Waals surface area (Å²) in [4.78, 5) is 13.4. The average Bonchev–Trinajstić information content (AvgIpc) is 2.54. The molecule has 0 fully saturated rings. The Hall–Kier alpha value is -2.81. The van der Waals surface area contributed by atoms with Crippen molar-refractivity contribution in [3.8, 4) is 0 Å². The van der Waals surface area contributed by atoms with E-state index in [1.165, 1.54) is 10.9 Å². The molecule has 4 rings (SSSR count). The SMILES string of the molecule is c1cnc(Cc2cccc3nc4ccccc4cc23)nc1. The van der Waals surface area contributed by atoms with Crippen molar-refractivity contribution < 1.29 is 0 Å². The lowest BCUT2D eigenvalue weighted by Gasteiger charge is -2.07. The Bertz CT molecular complexity index is 917. The van der Waals surface area contributed by atoms with Crippen LogP contribution in [0.2, 0.25) is 0 Å². The zero-order valence-corrected chi connectivity index (χ0v) is 11.4. The zero-order chi connectivity index (χ0) is 14.1. The van der Waals surface area contributed by atoms with Gasteiger partial charge in [0.15, 0.2) is 0 Å². The zero-order valence-electron chi connectivity index (χ0n) is 11.4. The van der Waals surface area contributed by atoms with Crippen LogP contribution in [0.15, 0.2) is 67.0 Å². The third-order valence-electron chi connectivity index (χ3n) is 3.62. The summed E-state index contributed by atoms with van der Waals surface area (Å²) in [7, 11) is 0. The van der Waals surface area contributed by atoms with Crippen molar-refractivity contribution in [1.29, 1.82) is 0 Å². The molecule has 2 heterocycles. The second kappa shape index (κ2) is 4.94. The summed E-state index contributed by atoms with van der Waals surface area (Å²) in [6.07, 6.45) is 4.28. The molecule has 0 bridgehead atoms. The highest BCUT2D eigenvalue weighted by molar-refractivity contribution is 5.94. The number of nitrogens with zero attached hydrogens (tertiary/aromatic N) is 3. The predicted molar refractivity (Wildman–Crippen MR) is 84.1 cm³/mol. The fraction of sp³-hybridized carbons (Fsp3) is 0.0556. The van der Waals surface area contributed by atoms with E-state index in [9.17, 15) is 0 Å². The summed E-state index contributed by atoms with van der Waals surface area (Å²) in [5.74, 6) is 0.832. The first-order valence-electron chi connectivity index (χ1n) is 6.93. The smallest absolute Gasteiger partial charge is 0.132 e. The molecule has 2 aromatic carbocycles. The summed E-state index contributed by atoms with van der Waals surface area (Å²) in [5, 5.41) is 2.33. The van der Waals surface area contributed by atoms with Crippen LogP contribution in [-0.4, -0.2) is 15.0 Å². The van der Waals surface area contributed by atoms with E-state index in [0.717, 1.165) is 28.7 Å². The number of benzene rings is 2. The number of para-hydroxylation sites is 1. The minimum Gasteiger partial charge on any atom is -0.248 e. The number of aromatic nitrogens is 3. The lowest BCUT2D eigenvalue weighted by Crippen LogP contribution is -1.96. The van der Waals surface area contributed by atoms with Gasteiger partial charge in [0.1, 0.15) is 5.82 Å². The van der Waals surface area contributed by atoms with Crippen LogP contribution in [0.1, 0.15) is 11.4 Å². The second-order valence-electron chi connectivity index (χ2n) is 5.01. The molecule has 3 heteroatoms. The van der Waals surface area contributed by atoms with E-state index in [2.05, 4.69) is 34.2 Å². The molecule has 0 atom stereocenters. The molecule has 21 heavy (non-hydrogen) atoms. The lowest BCUT2D eigenvalue weighted by molar-refractivity contribution is 0.973. The molecular formula is C18H13N3. The molecule has 0 radical (unpaired) electrons. The Morgan fingerprint density at radius 2 is 1.57 bits per heavy atom. The van der Waals surface area contributed by atoms with Crippen molar-refractivity contribution in [2.45, 2.75) is 6.42 Å². The van der Waals surface area contributed by atoms with E-state index in [4.69, 9.17) is 4.98 Å². The molecule has 0 spiro atoms. The molecule has 100 valence electrons. The highest BCUT2D eigenvalue weighted by atomic mass is 14.8. The van der Waals surface area contributed by atoms with Crippen molar-refractivity contribution in [3.05, 3.63) is 78.4 Å². The van der Waals surface area contributed by atoms with Gasteiger partial charge in [-0.15, -0.1) is 0 Å². The summed E-state index contributed by atoms with van der Waals surface area (Å²) >= 11 is 0. The fourth-order valence-electron chi connectivity index (χ4n) is 2.61. The highest BCUT2D eigenvalue weighted by Gasteiger charge is 2.06. The molecule has 3 nitrogen and oxygen atoms in total. The fourth-order valence-corrected chi connectivity index (χ4v) is 2.61. The third kappa shape index (κ3) is 2.23. The first-order valence-corrected chi connectivity index (χ1v) is 6.93. The molecule has 0 aliphatic rings. The molecule has 0 aliphatic heterocycles. The quantitative estimate of drug-likeness (QED) is 0.521. The Morgan fingerprint density at radius 1 is 0.762 bits per heavy atom. The standard InChI is InChI=1S/C18H13N3/c1-2-7-16-14(5-1)11-15-13(6-3-8-17(15)21-16)12-18-19-9-4-10-20-18/h1-11H,12H2. The lowest BCUT2D eigenvalue weighted by atomic mass is 10.0. The first-order chi connectivity index (χ1) is 10.4. The van der Waals surface area contributed by atoms with Gasteiger partial charge in [-0.05, 0) is 29.8 Å². The molecule has 0 unspecified atom stereocenters. The molecule has 0 saturated heterocycles. The van der Waals surface area contributed by atoms with Gasteiger partial charge >= 0.3 is 0 Å². The monoisotopic (exact) mass is 271 g/mol. The Morgan fingerprint density at radius 3 is 2.48 bits per heavy atom. The Balaban J connectivity index is 1.90. The van der Waals surface area contributed by atoms with Crippen molar-refractivity contribution in [2.24, 2.45) is 0 Å². The Labute approximate surface area is 122 Å². The van der Waals surface area contributed by atoms with Gasteiger partial charge in [0.25, 0.3) is 0 Å². The number of pyridine rings is 1. The van der Waals surface area contributed by atoms with Gasteiger partial charge < -0.3 is 0 Å². The van der Waals surface area contributed by atoms with E-state index in [1.807, 2.05) is 30.3 Å². The summed E-state index contributed by atoms with van der Waals surface area (Å²) in [6.45, 7) is 0. The van der Waals surface area contributed by atoms with Crippen LogP contribution in [0.3, 0.4) is 0 Å². The largest absolute Gasteiger partial charge is 0.248 e. The van der Waals surface area contributed by atoms with Crippen LogP contribution in [0.25, 0.3) is 21.8 Å². The van der Waals surface area contributed by atoms with Gasteiger partial charge in [0, 0.05) is 29.6 Å². The third-order valence-corrected chi connectivity index (χ3v) is 3.62. The molecular weight excluding hydrogens is 258 g/mol. The van der Waals surface area contributed by atoms with Crippen LogP contribution in [-0.2, 0) is 6.42 Å². The van der Waals surface area contributed by atoms with Gasteiger partial charge in [-0.3, -0.25) is 0 Å². The van der Waals surface area contributed by atoms with Gasteiger partial charge in [-0.2, -0.15) is 0 Å². The second-order valence-corrected chi connectivity index (χ2v) is 5.01. The molecule has 0 aliphatic carbocycles. The molecule has 0 saturated carbocycles. The van der Waals surface area contributed by atoms with Gasteiger partial charge in [0.2, 0.25) is 0 Å². The molecule has 2 aromatic heterocycles. The van der Waals surface area contributed by atoms with Crippen molar-refractivity contribution in [1.82, 2.24) is 15.0 Å². The van der Waals surface area contributed by atoms with Gasteiger partial charge in [-0.1, -0.05) is 30.3 Å². The summed E-state index contributed by atoms with van der Waals surface area (Å²) in [6, 6.07) is 18.5. The highest BCUT2D eigenvalue weighted by Crippen LogP contribution is 2.23. The predicted octanol–water partition coefficient (Wildman–Crippen LogP) is 3.77. The molecule has 4 aromatic rings. The summed E-state index contributed by atoms with van der Waals surface area (Å²) < 4.78 is 0. The maximum Gasteiger partial charge on any atom is 0.132 e. The van der Waals surface area contributed by atoms with Gasteiger partial charge in [-0.25, -0.2) is 15.0 Å². The van der Waals surface area contributed by atoms with E-state index in [1.54, 1.807) is 12.4 Å². The average molecular weight is 271 g/mol. The van der Waals surface area contributed by atoms with Crippen molar-refractivity contribution in [2.75, 3.05) is 0 Å². The Kier molecular flexibility index (Phi) is 2.82. The van der Waals surface area contributed by atoms with Crippen LogP contribution < -0.4 is 0 Å². The molecule has 0 N–H and O–H groups in total. The van der Waals surface area contributed by atoms with E-state index in [-0.39, 0.29) is 0 Å². The van der Waals surface area contributed by atoms with Gasteiger partial charge in [0.05, 0.1) is 11.0 Å². The number of hydrogen-bond acceptors (Lipinski definition) is 3.